The quantitative estimate of drug-likeness (QED) is 0.793. The molecule has 23 heavy (non-hydrogen) atoms. The van der Waals surface area contributed by atoms with Crippen LogP contribution in [-0.2, 0) is 6.42 Å². The Labute approximate surface area is 139 Å². The summed E-state index contributed by atoms with van der Waals surface area (Å²) in [5.74, 6) is 2.97. The van der Waals surface area contributed by atoms with Crippen LogP contribution < -0.4 is 5.32 Å². The van der Waals surface area contributed by atoms with E-state index in [1.165, 1.54) is 25.7 Å². The van der Waals surface area contributed by atoms with Crippen LogP contribution in [0.5, 0.6) is 0 Å². The highest BCUT2D eigenvalue weighted by Gasteiger charge is 2.20. The van der Waals surface area contributed by atoms with Crippen molar-refractivity contribution in [1.82, 2.24) is 0 Å². The maximum absolute atomic E-state index is 10.2. The Morgan fingerprint density at radius 3 is 2.26 bits per heavy atom. The van der Waals surface area contributed by atoms with Crippen molar-refractivity contribution in [3.8, 4) is 6.07 Å². The van der Waals surface area contributed by atoms with Crippen molar-refractivity contribution in [1.29, 1.82) is 5.26 Å². The maximum atomic E-state index is 10.2. The predicted molar refractivity (Wildman–Crippen MR) is 93.4 cm³/mol. The molecule has 0 aliphatic heterocycles. The summed E-state index contributed by atoms with van der Waals surface area (Å²) in [5, 5.41) is 19.0. The van der Waals surface area contributed by atoms with Crippen molar-refractivity contribution in [3.63, 3.8) is 0 Å². The number of nitrogens with one attached hydrogen (secondary N) is 1. The zero-order valence-corrected chi connectivity index (χ0v) is 14.4. The lowest BCUT2D eigenvalue weighted by Gasteiger charge is -2.28. The van der Waals surface area contributed by atoms with Crippen molar-refractivity contribution in [3.05, 3.63) is 29.8 Å². The van der Waals surface area contributed by atoms with E-state index in [4.69, 9.17) is 10.4 Å². The number of nitriles is 1. The van der Waals surface area contributed by atoms with Crippen LogP contribution in [-0.4, -0.2) is 11.2 Å². The molecule has 1 aliphatic rings. The van der Waals surface area contributed by atoms with Crippen LogP contribution in [0.4, 0.5) is 10.5 Å². The topological polar surface area (TPSA) is 73.1 Å². The molecule has 4 heteroatoms. The zero-order chi connectivity index (χ0) is 17.2. The molecule has 0 aromatic heterocycles. The maximum Gasteiger partial charge on any atom is 0.409 e. The molecule has 0 saturated heterocycles. The minimum absolute atomic E-state index is 0.341. The molecule has 2 rings (SSSR count). The summed E-state index contributed by atoms with van der Waals surface area (Å²) in [7, 11) is 0. The van der Waals surface area contributed by atoms with Gasteiger partial charge in [0.1, 0.15) is 0 Å². The fourth-order valence-corrected chi connectivity index (χ4v) is 2.87. The summed E-state index contributed by atoms with van der Waals surface area (Å²) < 4.78 is 0. The summed E-state index contributed by atoms with van der Waals surface area (Å²) in [5.41, 5.74) is 1.38. The zero-order valence-electron chi connectivity index (χ0n) is 14.4. The summed E-state index contributed by atoms with van der Waals surface area (Å²) in [6.45, 7) is 7.11. The number of hydrogen-bond donors (Lipinski definition) is 2. The van der Waals surface area contributed by atoms with Gasteiger partial charge in [0.05, 0.1) is 12.5 Å². The lowest BCUT2D eigenvalue weighted by atomic mass is 9.78. The second kappa shape index (κ2) is 9.89. The van der Waals surface area contributed by atoms with Crippen molar-refractivity contribution in [2.24, 2.45) is 17.8 Å². The lowest BCUT2D eigenvalue weighted by Crippen LogP contribution is -2.16. The highest BCUT2D eigenvalue weighted by Crippen LogP contribution is 2.32. The van der Waals surface area contributed by atoms with E-state index in [9.17, 15) is 4.79 Å². The molecule has 1 aliphatic carbocycles. The fourth-order valence-electron chi connectivity index (χ4n) is 2.87. The van der Waals surface area contributed by atoms with Crippen LogP contribution >= 0.6 is 0 Å². The largest absolute Gasteiger partial charge is 0.465 e. The molecule has 1 amide bonds. The van der Waals surface area contributed by atoms with Gasteiger partial charge in [0.25, 0.3) is 0 Å². The lowest BCUT2D eigenvalue weighted by molar-refractivity contribution is 0.209. The van der Waals surface area contributed by atoms with Crippen LogP contribution in [0.25, 0.3) is 0 Å². The van der Waals surface area contributed by atoms with E-state index in [0.29, 0.717) is 12.1 Å². The van der Waals surface area contributed by atoms with Gasteiger partial charge in [-0.2, -0.15) is 5.26 Å². The number of benzene rings is 1. The second-order valence-corrected chi connectivity index (χ2v) is 6.73. The molecule has 1 saturated carbocycles. The number of amides is 1. The van der Waals surface area contributed by atoms with Crippen molar-refractivity contribution >= 4 is 11.8 Å². The summed E-state index contributed by atoms with van der Waals surface area (Å²) >= 11 is 0. The first-order valence-corrected chi connectivity index (χ1v) is 8.38. The third-order valence-corrected chi connectivity index (χ3v) is 4.49. The average molecular weight is 316 g/mol. The highest BCUT2D eigenvalue weighted by atomic mass is 16.4. The van der Waals surface area contributed by atoms with Crippen LogP contribution in [0.1, 0.15) is 52.0 Å². The van der Waals surface area contributed by atoms with Gasteiger partial charge in [0.2, 0.25) is 0 Å². The van der Waals surface area contributed by atoms with Crippen LogP contribution in [0.2, 0.25) is 0 Å². The summed E-state index contributed by atoms with van der Waals surface area (Å²) in [6.07, 6.45) is 5.17. The molecule has 0 spiro atoms. The first-order valence-electron chi connectivity index (χ1n) is 8.38. The Bertz CT molecular complexity index is 509. The molecule has 4 nitrogen and oxygen atoms in total. The molecule has 0 radical (unpaired) electrons. The molecule has 126 valence electrons. The van der Waals surface area contributed by atoms with Crippen LogP contribution in [0.3, 0.4) is 0 Å². The predicted octanol–water partition coefficient (Wildman–Crippen LogP) is 5.31. The third kappa shape index (κ3) is 7.69. The summed E-state index contributed by atoms with van der Waals surface area (Å²) in [4.78, 5) is 10.2. The first kappa shape index (κ1) is 19.0. The SMILES string of the molecule is CC1CCC(C(C)C)CC1.N#CCc1ccc(NC(=O)O)cc1. The summed E-state index contributed by atoms with van der Waals surface area (Å²) in [6, 6.07) is 8.69. The van der Waals surface area contributed by atoms with E-state index < -0.39 is 6.09 Å². The van der Waals surface area contributed by atoms with E-state index in [2.05, 4.69) is 26.1 Å². The van der Waals surface area contributed by atoms with E-state index in [0.717, 1.165) is 23.3 Å². The van der Waals surface area contributed by atoms with Crippen molar-refractivity contribution in [2.75, 3.05) is 5.32 Å². The van der Waals surface area contributed by atoms with Gasteiger partial charge in [-0.3, -0.25) is 5.32 Å². The Balaban J connectivity index is 0.000000238. The normalized spacial score (nSPS) is 20.1. The van der Waals surface area contributed by atoms with E-state index in [1.54, 1.807) is 24.3 Å². The Morgan fingerprint density at radius 2 is 1.83 bits per heavy atom. The fraction of sp³-hybridized carbons (Fsp3) is 0.579. The van der Waals surface area contributed by atoms with E-state index >= 15 is 0 Å². The van der Waals surface area contributed by atoms with Gasteiger partial charge in [-0.1, -0.05) is 45.7 Å². The van der Waals surface area contributed by atoms with Gasteiger partial charge in [-0.15, -0.1) is 0 Å². The standard InChI is InChI=1S/C10H20.C9H8N2O2/c1-8(2)10-6-4-9(3)5-7-10;10-6-5-7-1-3-8(4-2-7)11-9(12)13/h8-10H,4-7H2,1-3H3;1-4,11H,5H2,(H,12,13). The van der Waals surface area contributed by atoms with Gasteiger partial charge in [0.15, 0.2) is 0 Å². The Hall–Kier alpha value is -2.02. The first-order chi connectivity index (χ1) is 10.9. The molecule has 0 bridgehead atoms. The van der Waals surface area contributed by atoms with Crippen LogP contribution in [0, 0.1) is 29.1 Å². The van der Waals surface area contributed by atoms with E-state index in [-0.39, 0.29) is 0 Å². The van der Waals surface area contributed by atoms with Crippen LogP contribution in [0.15, 0.2) is 24.3 Å². The molecule has 1 aromatic carbocycles. The molecule has 0 unspecified atom stereocenters. The number of nitrogens with zero attached hydrogens (tertiary/aromatic N) is 1. The van der Waals surface area contributed by atoms with Gasteiger partial charge in [0, 0.05) is 5.69 Å². The average Bonchev–Trinajstić information content (AvgIpc) is 2.50. The van der Waals surface area contributed by atoms with Crippen molar-refractivity contribution < 1.29 is 9.90 Å². The van der Waals surface area contributed by atoms with Gasteiger partial charge in [-0.05, 0) is 48.3 Å². The van der Waals surface area contributed by atoms with Crippen molar-refractivity contribution in [2.45, 2.75) is 52.9 Å². The van der Waals surface area contributed by atoms with E-state index in [1.807, 2.05) is 6.07 Å². The molecule has 0 heterocycles. The Morgan fingerprint density at radius 1 is 1.26 bits per heavy atom. The molecule has 1 fully saturated rings. The Kier molecular flexibility index (Phi) is 8.18. The number of carbonyl (C=O) groups is 1. The number of hydrogen-bond acceptors (Lipinski definition) is 2. The monoisotopic (exact) mass is 316 g/mol. The molecular formula is C19H28N2O2. The number of carboxylic acid groups (broad SMARTS) is 1. The molecular weight excluding hydrogens is 288 g/mol. The third-order valence-electron chi connectivity index (χ3n) is 4.49. The van der Waals surface area contributed by atoms with Gasteiger partial charge >= 0.3 is 6.09 Å². The minimum Gasteiger partial charge on any atom is -0.465 e. The molecule has 0 atom stereocenters. The second-order valence-electron chi connectivity index (χ2n) is 6.73. The molecule has 1 aromatic rings. The smallest absolute Gasteiger partial charge is 0.409 e. The van der Waals surface area contributed by atoms with Gasteiger partial charge in [-0.25, -0.2) is 4.79 Å². The molecule has 2 N–H and O–H groups in total. The number of anilines is 1. The number of rotatable bonds is 3. The highest BCUT2D eigenvalue weighted by molar-refractivity contribution is 5.82. The van der Waals surface area contributed by atoms with Gasteiger partial charge < -0.3 is 5.11 Å². The minimum atomic E-state index is -1.09.